The fraction of sp³-hybridized carbons (Fsp3) is 0.857. The van der Waals surface area contributed by atoms with E-state index in [0.717, 1.165) is 12.8 Å². The van der Waals surface area contributed by atoms with E-state index >= 15 is 0 Å². The van der Waals surface area contributed by atoms with Crippen LogP contribution in [0.4, 0.5) is 0 Å². The molecule has 0 aromatic heterocycles. The van der Waals surface area contributed by atoms with Gasteiger partial charge in [0.1, 0.15) is 6.54 Å². The SMILES string of the molecule is CCOC(=O)CNC(=O)C(CC(C)C)C(C)CC. The third-order valence-electron chi connectivity index (χ3n) is 3.11. The lowest BCUT2D eigenvalue weighted by Gasteiger charge is -2.23. The molecule has 0 aliphatic carbocycles. The van der Waals surface area contributed by atoms with Gasteiger partial charge in [-0.05, 0) is 25.2 Å². The van der Waals surface area contributed by atoms with Gasteiger partial charge in [0.15, 0.2) is 0 Å². The Morgan fingerprint density at radius 3 is 2.22 bits per heavy atom. The van der Waals surface area contributed by atoms with Crippen LogP contribution in [0.1, 0.15) is 47.5 Å². The highest BCUT2D eigenvalue weighted by atomic mass is 16.5. The minimum atomic E-state index is -0.377. The number of ether oxygens (including phenoxy) is 1. The molecule has 2 atom stereocenters. The summed E-state index contributed by atoms with van der Waals surface area (Å²) in [6.07, 6.45) is 1.81. The predicted octanol–water partition coefficient (Wildman–Crippen LogP) is 2.37. The van der Waals surface area contributed by atoms with E-state index in [2.05, 4.69) is 33.0 Å². The van der Waals surface area contributed by atoms with Crippen LogP contribution in [-0.2, 0) is 14.3 Å². The van der Waals surface area contributed by atoms with Gasteiger partial charge in [-0.3, -0.25) is 9.59 Å². The average Bonchev–Trinajstić information content (AvgIpc) is 2.32. The van der Waals surface area contributed by atoms with Crippen LogP contribution in [0.25, 0.3) is 0 Å². The molecule has 0 saturated heterocycles. The summed E-state index contributed by atoms with van der Waals surface area (Å²) in [4.78, 5) is 23.3. The predicted molar refractivity (Wildman–Crippen MR) is 72.0 cm³/mol. The molecule has 1 amide bonds. The standard InChI is InChI=1S/C14H27NO3/c1-6-11(5)12(8-10(3)4)14(17)15-9-13(16)18-7-2/h10-12H,6-9H2,1-5H3,(H,15,17). The molecule has 0 aliphatic heterocycles. The molecule has 0 aromatic rings. The zero-order valence-corrected chi connectivity index (χ0v) is 12.3. The minimum Gasteiger partial charge on any atom is -0.465 e. The smallest absolute Gasteiger partial charge is 0.325 e. The maximum atomic E-state index is 12.1. The molecule has 0 aliphatic rings. The molecule has 1 N–H and O–H groups in total. The monoisotopic (exact) mass is 257 g/mol. The van der Waals surface area contributed by atoms with E-state index in [-0.39, 0.29) is 24.3 Å². The molecule has 18 heavy (non-hydrogen) atoms. The minimum absolute atomic E-state index is 0.0237. The summed E-state index contributed by atoms with van der Waals surface area (Å²) in [5, 5.41) is 2.67. The highest BCUT2D eigenvalue weighted by molar-refractivity contribution is 5.83. The fourth-order valence-electron chi connectivity index (χ4n) is 1.89. The average molecular weight is 257 g/mol. The number of hydrogen-bond acceptors (Lipinski definition) is 3. The molecule has 0 saturated carbocycles. The van der Waals surface area contributed by atoms with Crippen molar-refractivity contribution in [2.75, 3.05) is 13.2 Å². The van der Waals surface area contributed by atoms with Crippen molar-refractivity contribution >= 4 is 11.9 Å². The molecule has 0 bridgehead atoms. The van der Waals surface area contributed by atoms with E-state index in [4.69, 9.17) is 4.74 Å². The Morgan fingerprint density at radius 1 is 1.17 bits per heavy atom. The first-order valence-corrected chi connectivity index (χ1v) is 6.85. The van der Waals surface area contributed by atoms with Crippen molar-refractivity contribution in [3.8, 4) is 0 Å². The second kappa shape index (κ2) is 8.95. The number of nitrogens with one attached hydrogen (secondary N) is 1. The summed E-state index contributed by atoms with van der Waals surface area (Å²) in [7, 11) is 0. The summed E-state index contributed by atoms with van der Waals surface area (Å²) in [6.45, 7) is 10.4. The molecular formula is C14H27NO3. The first kappa shape index (κ1) is 16.9. The lowest BCUT2D eigenvalue weighted by molar-refractivity contribution is -0.144. The van der Waals surface area contributed by atoms with E-state index in [1.54, 1.807) is 6.92 Å². The lowest BCUT2D eigenvalue weighted by atomic mass is 9.84. The van der Waals surface area contributed by atoms with Gasteiger partial charge in [0.05, 0.1) is 6.61 Å². The fourth-order valence-corrected chi connectivity index (χ4v) is 1.89. The van der Waals surface area contributed by atoms with E-state index in [0.29, 0.717) is 18.4 Å². The Kier molecular flexibility index (Phi) is 8.42. The van der Waals surface area contributed by atoms with Crippen LogP contribution in [0.2, 0.25) is 0 Å². The topological polar surface area (TPSA) is 55.4 Å². The largest absolute Gasteiger partial charge is 0.465 e. The van der Waals surface area contributed by atoms with Gasteiger partial charge in [-0.1, -0.05) is 34.1 Å². The summed E-state index contributed by atoms with van der Waals surface area (Å²) in [5.74, 6) is 0.362. The van der Waals surface area contributed by atoms with E-state index < -0.39 is 0 Å². The van der Waals surface area contributed by atoms with E-state index in [9.17, 15) is 9.59 Å². The molecular weight excluding hydrogens is 230 g/mol. The van der Waals surface area contributed by atoms with Crippen LogP contribution >= 0.6 is 0 Å². The Bertz CT molecular complexity index is 264. The number of esters is 1. The highest BCUT2D eigenvalue weighted by Crippen LogP contribution is 2.23. The zero-order chi connectivity index (χ0) is 14.1. The van der Waals surface area contributed by atoms with E-state index in [1.807, 2.05) is 0 Å². The summed E-state index contributed by atoms with van der Waals surface area (Å²) < 4.78 is 4.79. The number of amides is 1. The van der Waals surface area contributed by atoms with Gasteiger partial charge < -0.3 is 10.1 Å². The van der Waals surface area contributed by atoms with Gasteiger partial charge in [0.25, 0.3) is 0 Å². The van der Waals surface area contributed by atoms with Gasteiger partial charge in [-0.2, -0.15) is 0 Å². The third kappa shape index (κ3) is 6.62. The third-order valence-corrected chi connectivity index (χ3v) is 3.11. The molecule has 0 aromatic carbocycles. The van der Waals surface area contributed by atoms with Crippen molar-refractivity contribution in [1.29, 1.82) is 0 Å². The van der Waals surface area contributed by atoms with Gasteiger partial charge in [0, 0.05) is 5.92 Å². The molecule has 0 rings (SSSR count). The van der Waals surface area contributed by atoms with Crippen LogP contribution < -0.4 is 5.32 Å². The normalized spacial score (nSPS) is 14.1. The molecule has 106 valence electrons. The first-order chi connectivity index (χ1) is 8.42. The number of hydrogen-bond donors (Lipinski definition) is 1. The molecule has 2 unspecified atom stereocenters. The maximum absolute atomic E-state index is 12.1. The van der Waals surface area contributed by atoms with Gasteiger partial charge in [-0.15, -0.1) is 0 Å². The second-order valence-electron chi connectivity index (χ2n) is 5.14. The Balaban J connectivity index is 4.33. The molecule has 0 spiro atoms. The number of rotatable bonds is 8. The quantitative estimate of drug-likeness (QED) is 0.679. The summed E-state index contributed by atoms with van der Waals surface area (Å²) in [6, 6.07) is 0. The van der Waals surface area contributed by atoms with Crippen molar-refractivity contribution in [3.05, 3.63) is 0 Å². The van der Waals surface area contributed by atoms with Crippen molar-refractivity contribution in [2.24, 2.45) is 17.8 Å². The molecule has 4 heteroatoms. The van der Waals surface area contributed by atoms with Crippen molar-refractivity contribution in [1.82, 2.24) is 5.32 Å². The van der Waals surface area contributed by atoms with Crippen molar-refractivity contribution < 1.29 is 14.3 Å². The Hall–Kier alpha value is -1.06. The summed E-state index contributed by atoms with van der Waals surface area (Å²) >= 11 is 0. The molecule has 0 heterocycles. The lowest BCUT2D eigenvalue weighted by Crippen LogP contribution is -2.38. The first-order valence-electron chi connectivity index (χ1n) is 6.85. The Labute approximate surface area is 110 Å². The maximum Gasteiger partial charge on any atom is 0.325 e. The Morgan fingerprint density at radius 2 is 1.78 bits per heavy atom. The summed E-state index contributed by atoms with van der Waals surface area (Å²) in [5.41, 5.74) is 0. The van der Waals surface area contributed by atoms with E-state index in [1.165, 1.54) is 0 Å². The van der Waals surface area contributed by atoms with Crippen molar-refractivity contribution in [2.45, 2.75) is 47.5 Å². The van der Waals surface area contributed by atoms with Gasteiger partial charge in [0.2, 0.25) is 5.91 Å². The molecule has 0 fully saturated rings. The number of carbonyl (C=O) groups is 2. The van der Waals surface area contributed by atoms with Gasteiger partial charge >= 0.3 is 5.97 Å². The number of carbonyl (C=O) groups excluding carboxylic acids is 2. The molecule has 4 nitrogen and oxygen atoms in total. The molecule has 0 radical (unpaired) electrons. The van der Waals surface area contributed by atoms with Crippen LogP contribution in [0.3, 0.4) is 0 Å². The second-order valence-corrected chi connectivity index (χ2v) is 5.14. The van der Waals surface area contributed by atoms with Crippen LogP contribution in [0.5, 0.6) is 0 Å². The van der Waals surface area contributed by atoms with Crippen LogP contribution in [0.15, 0.2) is 0 Å². The van der Waals surface area contributed by atoms with Crippen LogP contribution in [-0.4, -0.2) is 25.0 Å². The van der Waals surface area contributed by atoms with Gasteiger partial charge in [-0.25, -0.2) is 0 Å². The van der Waals surface area contributed by atoms with Crippen LogP contribution in [0, 0.1) is 17.8 Å². The highest BCUT2D eigenvalue weighted by Gasteiger charge is 2.25. The zero-order valence-electron chi connectivity index (χ0n) is 12.3. The van der Waals surface area contributed by atoms with Crippen molar-refractivity contribution in [3.63, 3.8) is 0 Å².